The van der Waals surface area contributed by atoms with Crippen LogP contribution in [-0.2, 0) is 12.6 Å². The van der Waals surface area contributed by atoms with E-state index in [-0.39, 0.29) is 22.7 Å². The van der Waals surface area contributed by atoms with Gasteiger partial charge in [-0.25, -0.2) is 0 Å². The van der Waals surface area contributed by atoms with Crippen molar-refractivity contribution in [3.63, 3.8) is 0 Å². The van der Waals surface area contributed by atoms with Crippen molar-refractivity contribution in [1.82, 2.24) is 4.98 Å². The third kappa shape index (κ3) is 5.39. The van der Waals surface area contributed by atoms with Crippen molar-refractivity contribution in [2.24, 2.45) is 5.41 Å². The molecular formula is C30H32F3NO2. The second-order valence-corrected chi connectivity index (χ2v) is 10.6. The Balaban J connectivity index is 1.94. The Labute approximate surface area is 210 Å². The number of alkyl halides is 3. The minimum atomic E-state index is -4.48. The van der Waals surface area contributed by atoms with Gasteiger partial charge in [-0.3, -0.25) is 9.78 Å². The van der Waals surface area contributed by atoms with E-state index in [1.165, 1.54) is 12.1 Å². The molecule has 0 radical (unpaired) electrons. The zero-order valence-corrected chi connectivity index (χ0v) is 20.7. The number of benzene rings is 1. The number of allylic oxidation sites excluding steroid dienone is 4. The highest BCUT2D eigenvalue weighted by Crippen LogP contribution is 2.46. The topological polar surface area (TPSA) is 50.2 Å². The van der Waals surface area contributed by atoms with Gasteiger partial charge in [-0.1, -0.05) is 75.8 Å². The highest BCUT2D eigenvalue weighted by Gasteiger charge is 2.38. The summed E-state index contributed by atoms with van der Waals surface area (Å²) in [5, 5.41) is 11.2. The summed E-state index contributed by atoms with van der Waals surface area (Å²) in [7, 11) is 0. The van der Waals surface area contributed by atoms with Gasteiger partial charge in [0.15, 0.2) is 5.78 Å². The van der Waals surface area contributed by atoms with Gasteiger partial charge < -0.3 is 5.11 Å². The number of nitrogens with zero attached hydrogens (tertiary/aromatic N) is 1. The summed E-state index contributed by atoms with van der Waals surface area (Å²) in [4.78, 5) is 19.0. The van der Waals surface area contributed by atoms with E-state index in [1.807, 2.05) is 6.08 Å². The average molecular weight is 496 g/mol. The minimum absolute atomic E-state index is 0.0988. The van der Waals surface area contributed by atoms with E-state index < -0.39 is 17.8 Å². The van der Waals surface area contributed by atoms with Crippen molar-refractivity contribution >= 4 is 11.9 Å². The van der Waals surface area contributed by atoms with Crippen LogP contribution in [0.25, 0.3) is 6.08 Å². The van der Waals surface area contributed by atoms with Crippen molar-refractivity contribution in [3.05, 3.63) is 94.4 Å². The van der Waals surface area contributed by atoms with Crippen LogP contribution in [0, 0.1) is 5.41 Å². The lowest BCUT2D eigenvalue weighted by Crippen LogP contribution is -2.29. The van der Waals surface area contributed by atoms with Crippen molar-refractivity contribution in [2.75, 3.05) is 0 Å². The standard InChI is InChI=1S/C30H32F3NO2/c1-4-5-6-7-12-22-25-23(17-29(2,3)18-24(25)35)34-27(19-10-8-9-11-19)26(22)28(36)20-13-15-21(16-14-20)30(31,32)33/h4-7,12-16,19,24,35H,1,8-11,17-18H2,2-3H3/t24-/m0/s1. The third-order valence-corrected chi connectivity index (χ3v) is 7.17. The molecule has 0 aliphatic heterocycles. The molecule has 0 amide bonds. The number of rotatable bonds is 6. The summed E-state index contributed by atoms with van der Waals surface area (Å²) in [6, 6.07) is 4.34. The Morgan fingerprint density at radius 2 is 1.78 bits per heavy atom. The van der Waals surface area contributed by atoms with Gasteiger partial charge in [-0.15, -0.1) is 0 Å². The summed E-state index contributed by atoms with van der Waals surface area (Å²) in [5.74, 6) is -0.271. The van der Waals surface area contributed by atoms with Crippen LogP contribution >= 0.6 is 0 Å². The van der Waals surface area contributed by atoms with E-state index in [9.17, 15) is 23.1 Å². The fraction of sp³-hybridized carbons (Fsp3) is 0.400. The van der Waals surface area contributed by atoms with Crippen LogP contribution in [0.1, 0.15) is 102 Å². The van der Waals surface area contributed by atoms with Gasteiger partial charge in [-0.2, -0.15) is 13.2 Å². The molecule has 190 valence electrons. The molecule has 2 aliphatic carbocycles. The van der Waals surface area contributed by atoms with E-state index >= 15 is 0 Å². The molecule has 0 spiro atoms. The largest absolute Gasteiger partial charge is 0.416 e. The van der Waals surface area contributed by atoms with E-state index in [1.54, 1.807) is 24.3 Å². The zero-order valence-electron chi connectivity index (χ0n) is 20.7. The molecule has 1 aromatic heterocycles. The Bertz CT molecular complexity index is 1200. The number of carbonyl (C=O) groups excluding carboxylic acids is 1. The number of aromatic nitrogens is 1. The minimum Gasteiger partial charge on any atom is -0.388 e. The fourth-order valence-corrected chi connectivity index (χ4v) is 5.50. The molecule has 4 rings (SSSR count). The number of aliphatic hydroxyl groups is 1. The van der Waals surface area contributed by atoms with Crippen LogP contribution in [0.2, 0.25) is 0 Å². The Kier molecular flexibility index (Phi) is 7.37. The summed E-state index contributed by atoms with van der Waals surface area (Å²) in [6.45, 7) is 7.87. The molecule has 1 atom stereocenters. The van der Waals surface area contributed by atoms with E-state index in [0.29, 0.717) is 35.2 Å². The molecule has 3 nitrogen and oxygen atoms in total. The first-order valence-electron chi connectivity index (χ1n) is 12.4. The van der Waals surface area contributed by atoms with Crippen LogP contribution in [0.4, 0.5) is 13.2 Å². The molecule has 0 bridgehead atoms. The SMILES string of the molecule is C=CC=CC=Cc1c(C(=O)c2ccc(C(F)(F)F)cc2)c(C2CCCC2)nc2c1[C@@H](O)CC(C)(C)C2. The Morgan fingerprint density at radius 3 is 2.39 bits per heavy atom. The van der Waals surface area contributed by atoms with E-state index in [2.05, 4.69) is 20.4 Å². The van der Waals surface area contributed by atoms with Gasteiger partial charge in [0.05, 0.1) is 22.9 Å². The summed E-state index contributed by atoms with van der Waals surface area (Å²) < 4.78 is 39.4. The van der Waals surface area contributed by atoms with E-state index in [4.69, 9.17) is 4.98 Å². The monoisotopic (exact) mass is 495 g/mol. The predicted molar refractivity (Wildman–Crippen MR) is 136 cm³/mol. The van der Waals surface area contributed by atoms with Crippen LogP contribution in [-0.4, -0.2) is 15.9 Å². The maximum Gasteiger partial charge on any atom is 0.416 e. The number of carbonyl (C=O) groups is 1. The molecule has 6 heteroatoms. The van der Waals surface area contributed by atoms with Crippen LogP contribution < -0.4 is 0 Å². The maximum absolute atomic E-state index is 13.9. The van der Waals surface area contributed by atoms with Gasteiger partial charge >= 0.3 is 6.18 Å². The van der Waals surface area contributed by atoms with Crippen LogP contribution in [0.5, 0.6) is 0 Å². The van der Waals surface area contributed by atoms with Crippen LogP contribution in [0.3, 0.4) is 0 Å². The van der Waals surface area contributed by atoms with Crippen molar-refractivity contribution in [2.45, 2.75) is 70.6 Å². The number of aliphatic hydroxyl groups excluding tert-OH is 1. The summed E-state index contributed by atoms with van der Waals surface area (Å²) >= 11 is 0. The van der Waals surface area contributed by atoms with Crippen molar-refractivity contribution < 1.29 is 23.1 Å². The third-order valence-electron chi connectivity index (χ3n) is 7.17. The number of pyridine rings is 1. The molecule has 2 aromatic rings. The molecule has 0 unspecified atom stereocenters. The van der Waals surface area contributed by atoms with Gasteiger partial charge in [0.25, 0.3) is 0 Å². The van der Waals surface area contributed by atoms with E-state index in [0.717, 1.165) is 43.5 Å². The lowest BCUT2D eigenvalue weighted by Gasteiger charge is -2.36. The zero-order chi connectivity index (χ0) is 26.1. The first-order chi connectivity index (χ1) is 17.0. The number of fused-ring (bicyclic) bond motifs is 1. The molecule has 1 fully saturated rings. The summed E-state index contributed by atoms with van der Waals surface area (Å²) in [5.41, 5.74) is 2.39. The van der Waals surface area contributed by atoms with Crippen molar-refractivity contribution in [3.8, 4) is 0 Å². The van der Waals surface area contributed by atoms with Gasteiger partial charge in [0, 0.05) is 22.7 Å². The fourth-order valence-electron chi connectivity index (χ4n) is 5.50. The van der Waals surface area contributed by atoms with Gasteiger partial charge in [-0.05, 0) is 48.8 Å². The highest BCUT2D eigenvalue weighted by atomic mass is 19.4. The summed E-state index contributed by atoms with van der Waals surface area (Å²) in [6.07, 6.45) is 8.64. The second-order valence-electron chi connectivity index (χ2n) is 10.6. The lowest BCUT2D eigenvalue weighted by atomic mass is 9.72. The average Bonchev–Trinajstić information content (AvgIpc) is 3.34. The smallest absolute Gasteiger partial charge is 0.388 e. The first-order valence-corrected chi connectivity index (χ1v) is 12.4. The maximum atomic E-state index is 13.9. The Morgan fingerprint density at radius 1 is 1.11 bits per heavy atom. The quantitative estimate of drug-likeness (QED) is 0.329. The first kappa shape index (κ1) is 26.1. The van der Waals surface area contributed by atoms with Gasteiger partial charge in [0.1, 0.15) is 0 Å². The predicted octanol–water partition coefficient (Wildman–Crippen LogP) is 7.75. The van der Waals surface area contributed by atoms with Gasteiger partial charge in [0.2, 0.25) is 0 Å². The molecule has 1 heterocycles. The second kappa shape index (κ2) is 10.2. The molecule has 0 saturated heterocycles. The molecule has 1 saturated carbocycles. The normalized spacial score (nSPS) is 20.2. The lowest BCUT2D eigenvalue weighted by molar-refractivity contribution is -0.137. The Hall–Kier alpha value is -2.99. The number of hydrogen-bond donors (Lipinski definition) is 1. The van der Waals surface area contributed by atoms with Crippen LogP contribution in [0.15, 0.2) is 55.1 Å². The molecule has 36 heavy (non-hydrogen) atoms. The molecule has 1 aromatic carbocycles. The number of hydrogen-bond acceptors (Lipinski definition) is 3. The van der Waals surface area contributed by atoms with Crippen molar-refractivity contribution in [1.29, 1.82) is 0 Å². The molecule has 2 aliphatic rings. The highest BCUT2D eigenvalue weighted by molar-refractivity contribution is 6.12. The molecular weight excluding hydrogens is 463 g/mol. The number of halogens is 3. The number of ketones is 1. The molecule has 1 N–H and O–H groups in total.